The molecular formula is C21H29N3O2. The third-order valence-electron chi connectivity index (χ3n) is 5.48. The summed E-state index contributed by atoms with van der Waals surface area (Å²) in [5.41, 5.74) is 0.472. The summed E-state index contributed by atoms with van der Waals surface area (Å²) in [4.78, 5) is 17.7. The highest BCUT2D eigenvalue weighted by atomic mass is 16.5. The van der Waals surface area contributed by atoms with Crippen molar-refractivity contribution >= 4 is 5.91 Å². The standard InChI is InChI=1S/C21H29N3O2/c1-16(2)20(26-19-10-4-3-8-17(19)14-22)21(25)24-13-7-9-18(15-24)23-11-5-6-12-23/h3-4,8,10,16,18,20H,5-7,9,11-13,15H2,1-2H3. The van der Waals surface area contributed by atoms with Crippen molar-refractivity contribution in [1.82, 2.24) is 9.80 Å². The van der Waals surface area contributed by atoms with Gasteiger partial charge in [0.1, 0.15) is 11.8 Å². The highest BCUT2D eigenvalue weighted by Crippen LogP contribution is 2.25. The molecule has 0 aliphatic carbocycles. The highest BCUT2D eigenvalue weighted by molar-refractivity contribution is 5.81. The van der Waals surface area contributed by atoms with Crippen molar-refractivity contribution in [2.45, 2.75) is 51.7 Å². The van der Waals surface area contributed by atoms with Gasteiger partial charge in [0.25, 0.3) is 5.91 Å². The summed E-state index contributed by atoms with van der Waals surface area (Å²) >= 11 is 0. The van der Waals surface area contributed by atoms with Gasteiger partial charge in [-0.2, -0.15) is 5.26 Å². The fourth-order valence-electron chi connectivity index (χ4n) is 4.01. The predicted molar refractivity (Wildman–Crippen MR) is 101 cm³/mol. The lowest BCUT2D eigenvalue weighted by molar-refractivity contribution is -0.142. The van der Waals surface area contributed by atoms with Crippen molar-refractivity contribution in [2.24, 2.45) is 5.92 Å². The molecule has 2 aliphatic rings. The predicted octanol–water partition coefficient (Wildman–Crippen LogP) is 3.05. The Morgan fingerprint density at radius 3 is 2.62 bits per heavy atom. The maximum absolute atomic E-state index is 13.2. The molecular weight excluding hydrogens is 326 g/mol. The van der Waals surface area contributed by atoms with Crippen LogP contribution in [0.15, 0.2) is 24.3 Å². The third kappa shape index (κ3) is 4.19. The lowest BCUT2D eigenvalue weighted by atomic mass is 10.0. The Morgan fingerprint density at radius 1 is 1.19 bits per heavy atom. The van der Waals surface area contributed by atoms with Crippen molar-refractivity contribution in [3.8, 4) is 11.8 Å². The van der Waals surface area contributed by atoms with Gasteiger partial charge in [-0.25, -0.2) is 0 Å². The van der Waals surface area contributed by atoms with Gasteiger partial charge in [-0.1, -0.05) is 26.0 Å². The maximum Gasteiger partial charge on any atom is 0.263 e. The van der Waals surface area contributed by atoms with Crippen LogP contribution in [0.4, 0.5) is 0 Å². The Kier molecular flexibility index (Phi) is 6.16. The van der Waals surface area contributed by atoms with E-state index in [9.17, 15) is 10.1 Å². The van der Waals surface area contributed by atoms with E-state index < -0.39 is 6.10 Å². The van der Waals surface area contributed by atoms with E-state index in [0.29, 0.717) is 17.4 Å². The van der Waals surface area contributed by atoms with E-state index in [1.165, 1.54) is 19.3 Å². The molecule has 2 saturated heterocycles. The minimum atomic E-state index is -0.554. The minimum Gasteiger partial charge on any atom is -0.479 e. The molecule has 2 atom stereocenters. The summed E-state index contributed by atoms with van der Waals surface area (Å²) in [6.07, 6.45) is 4.21. The molecule has 0 radical (unpaired) electrons. The van der Waals surface area contributed by atoms with Gasteiger partial charge in [0.2, 0.25) is 0 Å². The lowest BCUT2D eigenvalue weighted by Crippen LogP contribution is -2.53. The van der Waals surface area contributed by atoms with E-state index in [1.807, 2.05) is 30.9 Å². The first kappa shape index (κ1) is 18.7. The van der Waals surface area contributed by atoms with Crippen LogP contribution in [0.2, 0.25) is 0 Å². The molecule has 26 heavy (non-hydrogen) atoms. The van der Waals surface area contributed by atoms with Crippen LogP contribution < -0.4 is 4.74 Å². The zero-order valence-corrected chi connectivity index (χ0v) is 15.9. The van der Waals surface area contributed by atoms with Crippen molar-refractivity contribution < 1.29 is 9.53 Å². The van der Waals surface area contributed by atoms with Gasteiger partial charge in [-0.15, -0.1) is 0 Å². The lowest BCUT2D eigenvalue weighted by Gasteiger charge is -2.39. The molecule has 0 bridgehead atoms. The van der Waals surface area contributed by atoms with Crippen LogP contribution >= 0.6 is 0 Å². The second-order valence-electron chi connectivity index (χ2n) is 7.71. The van der Waals surface area contributed by atoms with Crippen LogP contribution in [0, 0.1) is 17.2 Å². The molecule has 5 nitrogen and oxygen atoms in total. The SMILES string of the molecule is CC(C)C(Oc1ccccc1C#N)C(=O)N1CCCC(N2CCCC2)C1. The van der Waals surface area contributed by atoms with E-state index in [1.54, 1.807) is 12.1 Å². The number of ether oxygens (including phenoxy) is 1. The molecule has 2 unspecified atom stereocenters. The summed E-state index contributed by atoms with van der Waals surface area (Å²) in [5, 5.41) is 9.28. The van der Waals surface area contributed by atoms with Crippen molar-refractivity contribution in [2.75, 3.05) is 26.2 Å². The van der Waals surface area contributed by atoms with Crippen LogP contribution in [-0.4, -0.2) is 54.0 Å². The van der Waals surface area contributed by atoms with E-state index >= 15 is 0 Å². The largest absolute Gasteiger partial charge is 0.479 e. The van der Waals surface area contributed by atoms with E-state index in [2.05, 4.69) is 11.0 Å². The van der Waals surface area contributed by atoms with Gasteiger partial charge in [0, 0.05) is 19.1 Å². The molecule has 1 aromatic rings. The molecule has 1 aromatic carbocycles. The van der Waals surface area contributed by atoms with Crippen LogP contribution in [-0.2, 0) is 4.79 Å². The molecule has 2 aliphatic heterocycles. The van der Waals surface area contributed by atoms with Crippen LogP contribution in [0.1, 0.15) is 45.1 Å². The van der Waals surface area contributed by atoms with Crippen LogP contribution in [0.3, 0.4) is 0 Å². The quantitative estimate of drug-likeness (QED) is 0.815. The number of likely N-dealkylation sites (tertiary alicyclic amines) is 2. The molecule has 140 valence electrons. The van der Waals surface area contributed by atoms with E-state index in [4.69, 9.17) is 4.74 Å². The molecule has 0 spiro atoms. The van der Waals surface area contributed by atoms with Gasteiger partial charge in [-0.05, 0) is 56.8 Å². The molecule has 3 rings (SSSR count). The van der Waals surface area contributed by atoms with E-state index in [0.717, 1.165) is 32.6 Å². The molecule has 1 amide bonds. The Labute approximate surface area is 156 Å². The molecule has 5 heteroatoms. The number of benzene rings is 1. The minimum absolute atomic E-state index is 0.0430. The number of nitrogens with zero attached hydrogens (tertiary/aromatic N) is 3. The van der Waals surface area contributed by atoms with Gasteiger partial charge in [0.15, 0.2) is 6.10 Å². The number of hydrogen-bond donors (Lipinski definition) is 0. The van der Waals surface area contributed by atoms with Crippen LogP contribution in [0.5, 0.6) is 5.75 Å². The third-order valence-corrected chi connectivity index (χ3v) is 5.48. The number of carbonyl (C=O) groups excluding carboxylic acids is 1. The fraction of sp³-hybridized carbons (Fsp3) is 0.619. The van der Waals surface area contributed by atoms with Gasteiger partial charge < -0.3 is 9.64 Å². The second kappa shape index (κ2) is 8.55. The van der Waals surface area contributed by atoms with Gasteiger partial charge in [0.05, 0.1) is 5.56 Å². The first-order chi connectivity index (χ1) is 12.6. The number of hydrogen-bond acceptors (Lipinski definition) is 4. The summed E-state index contributed by atoms with van der Waals surface area (Å²) in [6, 6.07) is 9.76. The Hall–Kier alpha value is -2.06. The first-order valence-electron chi connectivity index (χ1n) is 9.78. The molecule has 0 N–H and O–H groups in total. The zero-order valence-electron chi connectivity index (χ0n) is 15.9. The summed E-state index contributed by atoms with van der Waals surface area (Å²) in [5.74, 6) is 0.591. The van der Waals surface area contributed by atoms with Crippen molar-refractivity contribution in [1.29, 1.82) is 5.26 Å². The average Bonchev–Trinajstić information content (AvgIpc) is 3.20. The summed E-state index contributed by atoms with van der Waals surface area (Å²) < 4.78 is 6.05. The Morgan fingerprint density at radius 2 is 1.92 bits per heavy atom. The smallest absolute Gasteiger partial charge is 0.263 e. The highest BCUT2D eigenvalue weighted by Gasteiger charge is 2.34. The number of piperidine rings is 1. The van der Waals surface area contributed by atoms with Crippen LogP contribution in [0.25, 0.3) is 0 Å². The molecule has 2 fully saturated rings. The van der Waals surface area contributed by atoms with Crippen molar-refractivity contribution in [3.05, 3.63) is 29.8 Å². The van der Waals surface area contributed by atoms with Gasteiger partial charge in [-0.3, -0.25) is 9.69 Å². The average molecular weight is 355 g/mol. The van der Waals surface area contributed by atoms with Gasteiger partial charge >= 0.3 is 0 Å². The topological polar surface area (TPSA) is 56.6 Å². The number of nitriles is 1. The summed E-state index contributed by atoms with van der Waals surface area (Å²) in [6.45, 7) is 7.92. The number of para-hydroxylation sites is 1. The fourth-order valence-corrected chi connectivity index (χ4v) is 4.01. The number of rotatable bonds is 5. The second-order valence-corrected chi connectivity index (χ2v) is 7.71. The van der Waals surface area contributed by atoms with E-state index in [-0.39, 0.29) is 11.8 Å². The normalized spacial score (nSPS) is 22.2. The monoisotopic (exact) mass is 355 g/mol. The maximum atomic E-state index is 13.2. The number of carbonyl (C=O) groups is 1. The van der Waals surface area contributed by atoms with Crippen molar-refractivity contribution in [3.63, 3.8) is 0 Å². The number of amides is 1. The Balaban J connectivity index is 1.71. The molecule has 0 aromatic heterocycles. The molecule has 2 heterocycles. The summed E-state index contributed by atoms with van der Waals surface area (Å²) in [7, 11) is 0. The Bertz CT molecular complexity index is 661. The molecule has 0 saturated carbocycles. The first-order valence-corrected chi connectivity index (χ1v) is 9.78. The zero-order chi connectivity index (χ0) is 18.5.